The summed E-state index contributed by atoms with van der Waals surface area (Å²) in [6, 6.07) is -0.723. The minimum absolute atomic E-state index is 0.142. The van der Waals surface area contributed by atoms with E-state index < -0.39 is 37.4 Å². The van der Waals surface area contributed by atoms with Gasteiger partial charge in [-0.15, -0.1) is 0 Å². The van der Waals surface area contributed by atoms with Gasteiger partial charge in [-0.1, -0.05) is 24.4 Å². The lowest BCUT2D eigenvalue weighted by Gasteiger charge is -2.25. The average Bonchev–Trinajstić information content (AvgIpc) is 3.06. The maximum atomic E-state index is 12.2. The molecule has 0 aromatic carbocycles. The summed E-state index contributed by atoms with van der Waals surface area (Å²) in [6.45, 7) is 1.19. The molecule has 0 radical (unpaired) electrons. The van der Waals surface area contributed by atoms with Gasteiger partial charge in [-0.25, -0.2) is 9.36 Å². The summed E-state index contributed by atoms with van der Waals surface area (Å²) >= 11 is 0. The molecule has 2 aliphatic rings. The Morgan fingerprint density at radius 3 is 2.83 bits per heavy atom. The van der Waals surface area contributed by atoms with E-state index in [1.807, 2.05) is 0 Å². The number of phosphoric acid groups is 1. The summed E-state index contributed by atoms with van der Waals surface area (Å²) in [5.41, 5.74) is 7.94. The standard InChI is InChI=1S/C16H24N5O7P/c1-10-8-21(16(23)18-15(10)22)14-7-12(19-20-17)13(27-14)9-26-29(24,25)28-11-5-3-2-4-6-11/h8,11-14H,2-7,9H2,1H3,(H,24,25)(H,18,22,23)/t12-,13+,14+/m0/s1. The molecule has 1 unspecified atom stereocenters. The molecule has 1 aliphatic carbocycles. The van der Waals surface area contributed by atoms with Crippen LogP contribution in [-0.2, 0) is 18.3 Å². The van der Waals surface area contributed by atoms with E-state index in [0.29, 0.717) is 18.4 Å². The van der Waals surface area contributed by atoms with Crippen molar-refractivity contribution in [3.8, 4) is 0 Å². The first-order chi connectivity index (χ1) is 13.8. The summed E-state index contributed by atoms with van der Waals surface area (Å²) in [4.78, 5) is 38.6. The third-order valence-electron chi connectivity index (χ3n) is 5.10. The number of azide groups is 1. The molecule has 1 aromatic rings. The number of aromatic amines is 1. The van der Waals surface area contributed by atoms with Crippen LogP contribution in [0, 0.1) is 6.92 Å². The fourth-order valence-electron chi connectivity index (χ4n) is 3.58. The highest BCUT2D eigenvalue weighted by Gasteiger charge is 2.38. The Hall–Kier alpha value is -1.94. The van der Waals surface area contributed by atoms with Crippen molar-refractivity contribution in [1.82, 2.24) is 9.55 Å². The summed E-state index contributed by atoms with van der Waals surface area (Å²) in [7, 11) is -4.31. The number of hydrogen-bond donors (Lipinski definition) is 2. The van der Waals surface area contributed by atoms with Gasteiger partial charge < -0.3 is 9.63 Å². The maximum absolute atomic E-state index is 12.2. The van der Waals surface area contributed by atoms with Gasteiger partial charge in [-0.05, 0) is 25.3 Å². The van der Waals surface area contributed by atoms with Crippen molar-refractivity contribution >= 4 is 7.82 Å². The number of nitrogens with one attached hydrogen (secondary N) is 1. The number of aromatic nitrogens is 2. The smallest absolute Gasteiger partial charge is 0.352 e. The van der Waals surface area contributed by atoms with Crippen molar-refractivity contribution < 1.29 is 23.2 Å². The number of rotatable bonds is 7. The molecule has 2 fully saturated rings. The van der Waals surface area contributed by atoms with Crippen LogP contribution < -0.4 is 11.2 Å². The SMILES string of the molecule is Cc1cn([C@H]2C[C@H](N=[N+]=[N-])[C@@H](COP(=O)(O)OC3CCCCC3)O2)c(=O)[nH]c1=O. The zero-order valence-corrected chi connectivity index (χ0v) is 16.9. The molecular formula is C16H24N5O7P. The summed E-state index contributed by atoms with van der Waals surface area (Å²) in [5, 5.41) is 3.64. The Kier molecular flexibility index (Phi) is 6.94. The van der Waals surface area contributed by atoms with Gasteiger partial charge in [0.15, 0.2) is 0 Å². The van der Waals surface area contributed by atoms with Crippen LogP contribution in [0.4, 0.5) is 0 Å². The van der Waals surface area contributed by atoms with Crippen molar-refractivity contribution in [3.05, 3.63) is 43.0 Å². The molecule has 1 aromatic heterocycles. The van der Waals surface area contributed by atoms with Crippen LogP contribution in [0.15, 0.2) is 20.9 Å². The number of H-pyrrole nitrogens is 1. The second-order valence-electron chi connectivity index (χ2n) is 7.25. The molecule has 2 heterocycles. The molecule has 1 saturated carbocycles. The van der Waals surface area contributed by atoms with E-state index >= 15 is 0 Å². The number of nitrogens with zero attached hydrogens (tertiary/aromatic N) is 4. The van der Waals surface area contributed by atoms with Gasteiger partial charge in [-0.3, -0.25) is 23.4 Å². The third-order valence-corrected chi connectivity index (χ3v) is 6.14. The van der Waals surface area contributed by atoms with E-state index in [2.05, 4.69) is 15.0 Å². The minimum Gasteiger partial charge on any atom is -0.352 e. The van der Waals surface area contributed by atoms with Crippen LogP contribution in [0.1, 0.15) is 50.3 Å². The molecule has 4 atom stereocenters. The second kappa shape index (κ2) is 9.25. The van der Waals surface area contributed by atoms with Gasteiger partial charge in [0, 0.05) is 23.1 Å². The number of phosphoric ester groups is 1. The molecule has 160 valence electrons. The molecule has 3 rings (SSSR count). The van der Waals surface area contributed by atoms with Crippen LogP contribution in [-0.4, -0.2) is 39.3 Å². The van der Waals surface area contributed by atoms with Gasteiger partial charge in [0.2, 0.25) is 0 Å². The zero-order valence-electron chi connectivity index (χ0n) is 16.0. The van der Waals surface area contributed by atoms with E-state index in [0.717, 1.165) is 19.3 Å². The molecule has 2 N–H and O–H groups in total. The van der Waals surface area contributed by atoms with E-state index in [1.54, 1.807) is 6.92 Å². The Balaban J connectivity index is 1.67. The summed E-state index contributed by atoms with van der Waals surface area (Å²) in [6.07, 6.45) is 3.84. The van der Waals surface area contributed by atoms with Crippen molar-refractivity contribution in [2.45, 2.75) is 69.9 Å². The van der Waals surface area contributed by atoms with Crippen molar-refractivity contribution in [2.75, 3.05) is 6.61 Å². The molecule has 1 saturated heterocycles. The molecule has 12 nitrogen and oxygen atoms in total. The number of aryl methyl sites for hydroxylation is 1. The predicted molar refractivity (Wildman–Crippen MR) is 101 cm³/mol. The Labute approximate surface area is 166 Å². The summed E-state index contributed by atoms with van der Waals surface area (Å²) < 4.78 is 29.5. The highest BCUT2D eigenvalue weighted by molar-refractivity contribution is 7.47. The van der Waals surface area contributed by atoms with Crippen LogP contribution in [0.25, 0.3) is 10.4 Å². The summed E-state index contributed by atoms with van der Waals surface area (Å²) in [5.74, 6) is 0. The van der Waals surface area contributed by atoms with Crippen molar-refractivity contribution in [1.29, 1.82) is 0 Å². The molecule has 0 spiro atoms. The molecule has 13 heteroatoms. The van der Waals surface area contributed by atoms with Gasteiger partial charge in [0.25, 0.3) is 5.56 Å². The second-order valence-corrected chi connectivity index (χ2v) is 8.65. The third kappa shape index (κ3) is 5.57. The molecule has 0 bridgehead atoms. The topological polar surface area (TPSA) is 169 Å². The van der Waals surface area contributed by atoms with Crippen molar-refractivity contribution in [2.24, 2.45) is 5.11 Å². The first-order valence-electron chi connectivity index (χ1n) is 9.46. The quantitative estimate of drug-likeness (QED) is 0.290. The largest absolute Gasteiger partial charge is 0.472 e. The van der Waals surface area contributed by atoms with Gasteiger partial charge in [0.05, 0.1) is 24.9 Å². The van der Waals surface area contributed by atoms with E-state index in [9.17, 15) is 19.0 Å². The maximum Gasteiger partial charge on any atom is 0.472 e. The van der Waals surface area contributed by atoms with E-state index in [4.69, 9.17) is 19.3 Å². The Morgan fingerprint density at radius 1 is 1.41 bits per heavy atom. The zero-order chi connectivity index (χ0) is 21.0. The molecule has 29 heavy (non-hydrogen) atoms. The first kappa shape index (κ1) is 21.8. The number of ether oxygens (including phenoxy) is 1. The fourth-order valence-corrected chi connectivity index (χ4v) is 4.56. The predicted octanol–water partition coefficient (Wildman–Crippen LogP) is 2.28. The van der Waals surface area contributed by atoms with E-state index in [-0.39, 0.29) is 19.1 Å². The average molecular weight is 429 g/mol. The monoisotopic (exact) mass is 429 g/mol. The van der Waals surface area contributed by atoms with Gasteiger partial charge in [-0.2, -0.15) is 0 Å². The minimum atomic E-state index is -4.31. The first-order valence-corrected chi connectivity index (χ1v) is 11.0. The van der Waals surface area contributed by atoms with Crippen molar-refractivity contribution in [3.63, 3.8) is 0 Å². The molecule has 0 amide bonds. The lowest BCUT2D eigenvalue weighted by atomic mass is 9.98. The fraction of sp³-hybridized carbons (Fsp3) is 0.750. The van der Waals surface area contributed by atoms with Crippen LogP contribution in [0.2, 0.25) is 0 Å². The van der Waals surface area contributed by atoms with Gasteiger partial charge in [0.1, 0.15) is 6.23 Å². The normalized spacial score (nSPS) is 27.3. The molecular weight excluding hydrogens is 405 g/mol. The van der Waals surface area contributed by atoms with E-state index in [1.165, 1.54) is 10.8 Å². The highest BCUT2D eigenvalue weighted by Crippen LogP contribution is 2.47. The molecule has 1 aliphatic heterocycles. The van der Waals surface area contributed by atoms with Crippen LogP contribution in [0.3, 0.4) is 0 Å². The van der Waals surface area contributed by atoms with Gasteiger partial charge >= 0.3 is 13.5 Å². The van der Waals surface area contributed by atoms with Crippen LogP contribution >= 0.6 is 7.82 Å². The lowest BCUT2D eigenvalue weighted by Crippen LogP contribution is -2.33. The Bertz CT molecular complexity index is 934. The highest BCUT2D eigenvalue weighted by atomic mass is 31.2. The number of hydrogen-bond acceptors (Lipinski definition) is 7. The Morgan fingerprint density at radius 2 is 2.14 bits per heavy atom. The van der Waals surface area contributed by atoms with Crippen LogP contribution in [0.5, 0.6) is 0 Å². The lowest BCUT2D eigenvalue weighted by molar-refractivity contribution is -0.0310.